The summed E-state index contributed by atoms with van der Waals surface area (Å²) in [6.07, 6.45) is 3.98. The summed E-state index contributed by atoms with van der Waals surface area (Å²) in [6, 6.07) is 12.2. The van der Waals surface area contributed by atoms with Gasteiger partial charge < -0.3 is 0 Å². The fraction of sp³-hybridized carbons (Fsp3) is 0.167. The number of hydrogen-bond acceptors (Lipinski definition) is 1. The number of benzene rings is 2. The largest absolute Gasteiger partial charge is 0.289 e. The third kappa shape index (κ3) is 2.77. The van der Waals surface area contributed by atoms with Crippen LogP contribution in [0.25, 0.3) is 6.08 Å². The zero-order valence-electron chi connectivity index (χ0n) is 11.4. The molecule has 3 rings (SSSR count). The number of allylic oxidation sites excluding steroid dienone is 1. The lowest BCUT2D eigenvalue weighted by Gasteiger charge is -2.06. The molecule has 0 saturated heterocycles. The maximum absolute atomic E-state index is 13.9. The minimum absolute atomic E-state index is 0.0255. The zero-order chi connectivity index (χ0) is 14.8. The zero-order valence-corrected chi connectivity index (χ0v) is 12.2. The highest BCUT2D eigenvalue weighted by atomic mass is 35.5. The molecule has 0 radical (unpaired) electrons. The van der Waals surface area contributed by atoms with Crippen molar-refractivity contribution in [3.05, 3.63) is 75.6 Å². The summed E-state index contributed by atoms with van der Waals surface area (Å²) in [4.78, 5) is 12.6. The monoisotopic (exact) mass is 300 g/mol. The highest BCUT2D eigenvalue weighted by molar-refractivity contribution is 6.32. The molecule has 0 aliphatic heterocycles. The van der Waals surface area contributed by atoms with Crippen LogP contribution in [0.1, 0.15) is 34.3 Å². The van der Waals surface area contributed by atoms with Crippen LogP contribution in [0.15, 0.2) is 48.0 Å². The number of ketones is 1. The average molecular weight is 301 g/mol. The number of rotatable bonds is 1. The Kier molecular flexibility index (Phi) is 3.89. The fourth-order valence-corrected chi connectivity index (χ4v) is 2.89. The fourth-order valence-electron chi connectivity index (χ4n) is 2.68. The molecule has 0 amide bonds. The molecule has 0 unspecified atom stereocenters. The van der Waals surface area contributed by atoms with Crippen molar-refractivity contribution < 1.29 is 9.18 Å². The van der Waals surface area contributed by atoms with Crippen molar-refractivity contribution >= 4 is 23.5 Å². The van der Waals surface area contributed by atoms with Crippen molar-refractivity contribution in [1.29, 1.82) is 0 Å². The molecule has 3 heteroatoms. The molecule has 1 aliphatic rings. The van der Waals surface area contributed by atoms with Gasteiger partial charge in [0, 0.05) is 16.7 Å². The predicted octanol–water partition coefficient (Wildman–Crippen LogP) is 5.08. The molecule has 2 aromatic rings. The summed E-state index contributed by atoms with van der Waals surface area (Å²) in [7, 11) is 0. The molecule has 0 aromatic heterocycles. The van der Waals surface area contributed by atoms with Crippen LogP contribution >= 0.6 is 11.6 Å². The number of carbonyl (C=O) groups is 1. The Hall–Kier alpha value is -1.93. The van der Waals surface area contributed by atoms with Gasteiger partial charge >= 0.3 is 0 Å². The van der Waals surface area contributed by atoms with Crippen LogP contribution in [-0.4, -0.2) is 5.78 Å². The number of aryl methyl sites for hydroxylation is 1. The predicted molar refractivity (Wildman–Crippen MR) is 83.1 cm³/mol. The standard InChI is InChI=1S/C18H14ClFO/c19-16-9-4-10-17(20)15(16)11-13-7-3-6-12-5-1-2-8-14(12)18(13)21/h1-2,4-5,8-11H,3,6-7H2/b13-11-. The van der Waals surface area contributed by atoms with Gasteiger partial charge in [-0.3, -0.25) is 4.79 Å². The Balaban J connectivity index is 2.07. The Morgan fingerprint density at radius 3 is 2.67 bits per heavy atom. The summed E-state index contributed by atoms with van der Waals surface area (Å²) in [5.41, 5.74) is 2.69. The van der Waals surface area contributed by atoms with Gasteiger partial charge in [-0.15, -0.1) is 0 Å². The summed E-state index contributed by atoms with van der Waals surface area (Å²) >= 11 is 6.04. The molecule has 0 N–H and O–H groups in total. The Morgan fingerprint density at radius 2 is 1.86 bits per heavy atom. The molecule has 0 atom stereocenters. The van der Waals surface area contributed by atoms with Crippen LogP contribution in [0.4, 0.5) is 4.39 Å². The van der Waals surface area contributed by atoms with Gasteiger partial charge in [0.2, 0.25) is 0 Å². The third-order valence-electron chi connectivity index (χ3n) is 3.76. The first-order chi connectivity index (χ1) is 10.2. The van der Waals surface area contributed by atoms with Crippen molar-refractivity contribution in [3.63, 3.8) is 0 Å². The lowest BCUT2D eigenvalue weighted by Crippen LogP contribution is -2.03. The van der Waals surface area contributed by atoms with Gasteiger partial charge in [0.1, 0.15) is 5.82 Å². The van der Waals surface area contributed by atoms with Crippen LogP contribution in [-0.2, 0) is 6.42 Å². The maximum atomic E-state index is 13.9. The van der Waals surface area contributed by atoms with E-state index in [0.717, 1.165) is 18.4 Å². The lowest BCUT2D eigenvalue weighted by molar-refractivity contribution is 0.103. The number of carbonyl (C=O) groups excluding carboxylic acids is 1. The molecule has 0 heterocycles. The molecular formula is C18H14ClFO. The van der Waals surface area contributed by atoms with Gasteiger partial charge in [0.25, 0.3) is 0 Å². The van der Waals surface area contributed by atoms with Crippen molar-refractivity contribution in [2.45, 2.75) is 19.3 Å². The second kappa shape index (κ2) is 5.82. The van der Waals surface area contributed by atoms with E-state index in [-0.39, 0.29) is 5.78 Å². The minimum Gasteiger partial charge on any atom is -0.289 e. The summed E-state index contributed by atoms with van der Waals surface area (Å²) < 4.78 is 13.9. The average Bonchev–Trinajstić information content (AvgIpc) is 2.63. The van der Waals surface area contributed by atoms with E-state index >= 15 is 0 Å². The first-order valence-corrected chi connectivity index (χ1v) is 7.32. The molecule has 106 valence electrons. The van der Waals surface area contributed by atoms with E-state index in [1.54, 1.807) is 18.2 Å². The van der Waals surface area contributed by atoms with Crippen LogP contribution in [0.5, 0.6) is 0 Å². The van der Waals surface area contributed by atoms with Crippen LogP contribution < -0.4 is 0 Å². The number of fused-ring (bicyclic) bond motifs is 1. The SMILES string of the molecule is O=C1/C(=C\c2c(F)cccc2Cl)CCCc2ccccc21. The van der Waals surface area contributed by atoms with E-state index in [9.17, 15) is 9.18 Å². The smallest absolute Gasteiger partial charge is 0.189 e. The van der Waals surface area contributed by atoms with Crippen molar-refractivity contribution in [3.8, 4) is 0 Å². The van der Waals surface area contributed by atoms with Crippen molar-refractivity contribution in [1.82, 2.24) is 0 Å². The summed E-state index contributed by atoms with van der Waals surface area (Å²) in [6.45, 7) is 0. The molecule has 2 aromatic carbocycles. The highest BCUT2D eigenvalue weighted by Crippen LogP contribution is 2.28. The highest BCUT2D eigenvalue weighted by Gasteiger charge is 2.20. The van der Waals surface area contributed by atoms with E-state index in [2.05, 4.69) is 0 Å². The number of halogens is 2. The van der Waals surface area contributed by atoms with Crippen LogP contribution in [0, 0.1) is 5.82 Å². The number of Topliss-reactive ketones (excluding diaryl/α,β-unsaturated/α-hetero) is 1. The van der Waals surface area contributed by atoms with Crippen LogP contribution in [0.3, 0.4) is 0 Å². The molecule has 0 spiro atoms. The summed E-state index contributed by atoms with van der Waals surface area (Å²) in [5, 5.41) is 0.327. The van der Waals surface area contributed by atoms with Gasteiger partial charge in [-0.2, -0.15) is 0 Å². The Labute approximate surface area is 128 Å². The van der Waals surface area contributed by atoms with Gasteiger partial charge in [0.05, 0.1) is 5.02 Å². The second-order valence-electron chi connectivity index (χ2n) is 5.14. The van der Waals surface area contributed by atoms with Gasteiger partial charge in [-0.1, -0.05) is 41.9 Å². The summed E-state index contributed by atoms with van der Waals surface area (Å²) in [5.74, 6) is -0.428. The first-order valence-electron chi connectivity index (χ1n) is 6.94. The quantitative estimate of drug-likeness (QED) is 0.530. The number of hydrogen-bond donors (Lipinski definition) is 0. The minimum atomic E-state index is -0.402. The Bertz CT molecular complexity index is 713. The first kappa shape index (κ1) is 14.0. The normalized spacial score (nSPS) is 16.7. The maximum Gasteiger partial charge on any atom is 0.189 e. The molecular weight excluding hydrogens is 287 g/mol. The third-order valence-corrected chi connectivity index (χ3v) is 4.09. The molecule has 0 bridgehead atoms. The molecule has 0 saturated carbocycles. The second-order valence-corrected chi connectivity index (χ2v) is 5.55. The molecule has 1 aliphatic carbocycles. The van der Waals surface area contributed by atoms with E-state index in [0.29, 0.717) is 28.1 Å². The Morgan fingerprint density at radius 1 is 1.05 bits per heavy atom. The van der Waals surface area contributed by atoms with E-state index < -0.39 is 5.82 Å². The van der Waals surface area contributed by atoms with Crippen molar-refractivity contribution in [2.75, 3.05) is 0 Å². The van der Waals surface area contributed by atoms with E-state index in [1.807, 2.05) is 24.3 Å². The van der Waals surface area contributed by atoms with Gasteiger partial charge in [0.15, 0.2) is 5.78 Å². The van der Waals surface area contributed by atoms with Gasteiger partial charge in [-0.05, 0) is 43.0 Å². The lowest BCUT2D eigenvalue weighted by atomic mass is 9.98. The van der Waals surface area contributed by atoms with Gasteiger partial charge in [-0.25, -0.2) is 4.39 Å². The molecule has 0 fully saturated rings. The molecule has 21 heavy (non-hydrogen) atoms. The van der Waals surface area contributed by atoms with Crippen molar-refractivity contribution in [2.24, 2.45) is 0 Å². The van der Waals surface area contributed by atoms with Crippen LogP contribution in [0.2, 0.25) is 5.02 Å². The van der Waals surface area contributed by atoms with E-state index in [4.69, 9.17) is 11.6 Å². The van der Waals surface area contributed by atoms with E-state index in [1.165, 1.54) is 6.07 Å². The molecule has 1 nitrogen and oxygen atoms in total. The topological polar surface area (TPSA) is 17.1 Å².